The molecule has 0 saturated heterocycles. The van der Waals surface area contributed by atoms with Crippen molar-refractivity contribution in [2.75, 3.05) is 13.2 Å². The highest BCUT2D eigenvalue weighted by molar-refractivity contribution is 6.42. The van der Waals surface area contributed by atoms with Gasteiger partial charge in [-0.05, 0) is 73.0 Å². The molecule has 0 atom stereocenters. The number of rotatable bonds is 11. The van der Waals surface area contributed by atoms with Gasteiger partial charge in [0.1, 0.15) is 12.4 Å². The van der Waals surface area contributed by atoms with Crippen LogP contribution in [0, 0.1) is 0 Å². The maximum atomic E-state index is 12.4. The maximum Gasteiger partial charge on any atom is 0.271 e. The van der Waals surface area contributed by atoms with Crippen molar-refractivity contribution in [3.05, 3.63) is 86.4 Å². The topological polar surface area (TPSA) is 69.2 Å². The summed E-state index contributed by atoms with van der Waals surface area (Å²) < 4.78 is 17.1. The van der Waals surface area contributed by atoms with Gasteiger partial charge in [0.15, 0.2) is 11.5 Å². The highest BCUT2D eigenvalue weighted by atomic mass is 35.5. The van der Waals surface area contributed by atoms with Crippen LogP contribution < -0.4 is 19.6 Å². The van der Waals surface area contributed by atoms with Crippen LogP contribution in [-0.2, 0) is 6.61 Å². The number of hydrogen-bond donors (Lipinski definition) is 1. The lowest BCUT2D eigenvalue weighted by Crippen LogP contribution is -2.17. The third-order valence-corrected chi connectivity index (χ3v) is 5.69. The molecule has 0 saturated carbocycles. The number of nitrogens with zero attached hydrogens (tertiary/aromatic N) is 1. The normalized spacial score (nSPS) is 10.9. The molecule has 1 N–H and O–H groups in total. The highest BCUT2D eigenvalue weighted by Crippen LogP contribution is 2.37. The summed E-state index contributed by atoms with van der Waals surface area (Å²) in [6, 6.07) is 15.5. The van der Waals surface area contributed by atoms with Crippen LogP contribution in [0.15, 0.2) is 59.7 Å². The molecule has 3 aromatic carbocycles. The Hall–Kier alpha value is -2.93. The number of carbonyl (C=O) groups is 1. The van der Waals surface area contributed by atoms with Gasteiger partial charge in [-0.15, -0.1) is 0 Å². The van der Waals surface area contributed by atoms with Crippen molar-refractivity contribution in [2.45, 2.75) is 26.9 Å². The van der Waals surface area contributed by atoms with Gasteiger partial charge in [0, 0.05) is 5.56 Å². The first-order valence-corrected chi connectivity index (χ1v) is 12.1. The van der Waals surface area contributed by atoms with E-state index in [-0.39, 0.29) is 12.5 Å². The second-order valence-electron chi connectivity index (χ2n) is 7.37. The Morgan fingerprint density at radius 2 is 1.69 bits per heavy atom. The molecule has 35 heavy (non-hydrogen) atoms. The van der Waals surface area contributed by atoms with E-state index in [1.54, 1.807) is 48.5 Å². The molecule has 0 aliphatic rings. The van der Waals surface area contributed by atoms with Gasteiger partial charge in [-0.25, -0.2) is 5.43 Å². The number of halogens is 3. The zero-order valence-electron chi connectivity index (χ0n) is 19.3. The third-order valence-electron chi connectivity index (χ3n) is 4.67. The summed E-state index contributed by atoms with van der Waals surface area (Å²) in [5.74, 6) is 1.22. The largest absolute Gasteiger partial charge is 0.494 e. The summed E-state index contributed by atoms with van der Waals surface area (Å²) in [7, 11) is 0. The molecule has 0 unspecified atom stereocenters. The standard InChI is InChI=1S/C26H25Cl3N2O4/c1-3-11-34-20-8-6-19(7-9-20)26(32)31-30-15-18-13-23(29)25(24(14-18)33-4-2)35-16-17-5-10-21(27)22(28)12-17/h5-10,12-15H,3-4,11,16H2,1-2H3,(H,31,32)/b30-15+. The van der Waals surface area contributed by atoms with Crippen molar-refractivity contribution in [3.63, 3.8) is 0 Å². The summed E-state index contributed by atoms with van der Waals surface area (Å²) in [6.07, 6.45) is 2.39. The number of amides is 1. The van der Waals surface area contributed by atoms with E-state index in [1.807, 2.05) is 19.9 Å². The lowest BCUT2D eigenvalue weighted by atomic mass is 10.2. The Kier molecular flexibility index (Phi) is 10.1. The first-order chi connectivity index (χ1) is 16.9. The molecule has 0 heterocycles. The second-order valence-corrected chi connectivity index (χ2v) is 8.59. The first-order valence-electron chi connectivity index (χ1n) is 11.0. The van der Waals surface area contributed by atoms with Crippen molar-refractivity contribution < 1.29 is 19.0 Å². The molecule has 0 bridgehead atoms. The molecule has 3 rings (SSSR count). The number of hydrazone groups is 1. The molecule has 0 aliphatic carbocycles. The van der Waals surface area contributed by atoms with Crippen molar-refractivity contribution >= 4 is 46.9 Å². The van der Waals surface area contributed by atoms with Gasteiger partial charge < -0.3 is 14.2 Å². The van der Waals surface area contributed by atoms with Crippen LogP contribution in [0.5, 0.6) is 17.2 Å². The Bertz CT molecular complexity index is 1180. The monoisotopic (exact) mass is 534 g/mol. The predicted octanol–water partition coefficient (Wildman–Crippen LogP) is 7.18. The van der Waals surface area contributed by atoms with E-state index in [0.717, 1.165) is 12.0 Å². The van der Waals surface area contributed by atoms with E-state index in [1.165, 1.54) is 6.21 Å². The molecule has 184 valence electrons. The maximum absolute atomic E-state index is 12.4. The Morgan fingerprint density at radius 1 is 0.914 bits per heavy atom. The Morgan fingerprint density at radius 3 is 2.37 bits per heavy atom. The van der Waals surface area contributed by atoms with Gasteiger partial charge in [0.05, 0.1) is 34.5 Å². The van der Waals surface area contributed by atoms with Crippen LogP contribution in [0.3, 0.4) is 0 Å². The molecular formula is C26H25Cl3N2O4. The Labute approximate surface area is 219 Å². The number of ether oxygens (including phenoxy) is 3. The van der Waals surface area contributed by atoms with Crippen molar-refractivity contribution in [3.8, 4) is 17.2 Å². The second kappa shape index (κ2) is 13.2. The van der Waals surface area contributed by atoms with Gasteiger partial charge in [-0.1, -0.05) is 47.8 Å². The molecule has 0 radical (unpaired) electrons. The van der Waals surface area contributed by atoms with E-state index >= 15 is 0 Å². The molecule has 9 heteroatoms. The summed E-state index contributed by atoms with van der Waals surface area (Å²) in [5.41, 5.74) is 4.42. The molecular weight excluding hydrogens is 511 g/mol. The highest BCUT2D eigenvalue weighted by Gasteiger charge is 2.13. The number of nitrogens with one attached hydrogen (secondary N) is 1. The number of carbonyl (C=O) groups excluding carboxylic acids is 1. The number of hydrogen-bond acceptors (Lipinski definition) is 5. The molecule has 0 spiro atoms. The third kappa shape index (κ3) is 7.79. The summed E-state index contributed by atoms with van der Waals surface area (Å²) in [6.45, 7) is 5.15. The fourth-order valence-electron chi connectivity index (χ4n) is 3.00. The lowest BCUT2D eigenvalue weighted by molar-refractivity contribution is 0.0955. The smallest absolute Gasteiger partial charge is 0.271 e. The molecule has 1 amide bonds. The van der Waals surface area contributed by atoms with Gasteiger partial charge in [-0.2, -0.15) is 5.10 Å². The van der Waals surface area contributed by atoms with Crippen LogP contribution in [0.4, 0.5) is 0 Å². The van der Waals surface area contributed by atoms with Crippen LogP contribution in [0.2, 0.25) is 15.1 Å². The van der Waals surface area contributed by atoms with Gasteiger partial charge in [0.25, 0.3) is 5.91 Å². The molecule has 0 aromatic heterocycles. The minimum absolute atomic E-state index is 0.225. The predicted molar refractivity (Wildman–Crippen MR) is 141 cm³/mol. The SMILES string of the molecule is CCCOc1ccc(C(=O)N/N=C/c2cc(Cl)c(OCc3ccc(Cl)c(Cl)c3)c(OCC)c2)cc1. The van der Waals surface area contributed by atoms with Gasteiger partial charge in [-0.3, -0.25) is 4.79 Å². The van der Waals surface area contributed by atoms with Crippen LogP contribution >= 0.6 is 34.8 Å². The lowest BCUT2D eigenvalue weighted by Gasteiger charge is -2.14. The fourth-order valence-corrected chi connectivity index (χ4v) is 3.60. The molecule has 0 aliphatic heterocycles. The van der Waals surface area contributed by atoms with Gasteiger partial charge >= 0.3 is 0 Å². The van der Waals surface area contributed by atoms with Crippen molar-refractivity contribution in [2.24, 2.45) is 5.10 Å². The van der Waals surface area contributed by atoms with E-state index in [4.69, 9.17) is 49.0 Å². The fraction of sp³-hybridized carbons (Fsp3) is 0.231. The van der Waals surface area contributed by atoms with Crippen LogP contribution in [-0.4, -0.2) is 25.3 Å². The Balaban J connectivity index is 1.67. The van der Waals surface area contributed by atoms with E-state index < -0.39 is 0 Å². The van der Waals surface area contributed by atoms with Gasteiger partial charge in [0.2, 0.25) is 0 Å². The van der Waals surface area contributed by atoms with Crippen LogP contribution in [0.25, 0.3) is 0 Å². The average Bonchev–Trinajstić information content (AvgIpc) is 2.85. The molecule has 3 aromatic rings. The average molecular weight is 536 g/mol. The first kappa shape index (κ1) is 26.7. The minimum atomic E-state index is -0.346. The summed E-state index contributed by atoms with van der Waals surface area (Å²) >= 11 is 18.5. The van der Waals surface area contributed by atoms with Crippen LogP contribution in [0.1, 0.15) is 41.8 Å². The molecule has 0 fully saturated rings. The minimum Gasteiger partial charge on any atom is -0.494 e. The van der Waals surface area contributed by atoms with E-state index in [2.05, 4.69) is 10.5 Å². The quantitative estimate of drug-likeness (QED) is 0.209. The van der Waals surface area contributed by atoms with Crippen molar-refractivity contribution in [1.82, 2.24) is 5.43 Å². The summed E-state index contributed by atoms with van der Waals surface area (Å²) in [4.78, 5) is 12.4. The summed E-state index contributed by atoms with van der Waals surface area (Å²) in [5, 5.41) is 5.29. The zero-order chi connectivity index (χ0) is 25.2. The van der Waals surface area contributed by atoms with E-state index in [9.17, 15) is 4.79 Å². The molecule has 6 nitrogen and oxygen atoms in total. The van der Waals surface area contributed by atoms with Crippen molar-refractivity contribution in [1.29, 1.82) is 0 Å². The number of benzene rings is 3. The zero-order valence-corrected chi connectivity index (χ0v) is 21.6. The van der Waals surface area contributed by atoms with E-state index in [0.29, 0.717) is 56.7 Å².